The molecule has 3 N–H and O–H groups in total. The summed E-state index contributed by atoms with van der Waals surface area (Å²) in [5, 5.41) is 16.5. The fourth-order valence-corrected chi connectivity index (χ4v) is 11.6. The first-order chi connectivity index (χ1) is 26.2. The lowest BCUT2D eigenvalue weighted by molar-refractivity contribution is -0.393. The van der Waals surface area contributed by atoms with Crippen molar-refractivity contribution in [3.8, 4) is 10.4 Å². The summed E-state index contributed by atoms with van der Waals surface area (Å²) in [6.45, 7) is 7.81. The Bertz CT molecular complexity index is 1780. The van der Waals surface area contributed by atoms with E-state index in [0.717, 1.165) is 66.6 Å². The van der Waals surface area contributed by atoms with Gasteiger partial charge in [0, 0.05) is 62.4 Å². The van der Waals surface area contributed by atoms with Gasteiger partial charge in [0.15, 0.2) is 0 Å². The molecule has 3 heterocycles. The lowest BCUT2D eigenvalue weighted by Gasteiger charge is -2.61. The van der Waals surface area contributed by atoms with Crippen LogP contribution in [-0.2, 0) is 40.2 Å². The molecule has 5 unspecified atom stereocenters. The van der Waals surface area contributed by atoms with E-state index in [0.29, 0.717) is 18.8 Å². The van der Waals surface area contributed by atoms with Crippen molar-refractivity contribution < 1.29 is 38.8 Å². The number of thiazole rings is 1. The van der Waals surface area contributed by atoms with Crippen LogP contribution in [0.3, 0.4) is 0 Å². The number of amides is 3. The molecule has 5 atom stereocenters. The second kappa shape index (κ2) is 14.6. The molecule has 0 radical (unpaired) electrons. The third kappa shape index (κ3) is 7.28. The molecule has 9 rings (SSSR count). The summed E-state index contributed by atoms with van der Waals surface area (Å²) in [6, 6.07) is 6.07. The van der Waals surface area contributed by atoms with Gasteiger partial charge < -0.3 is 25.4 Å². The lowest BCUT2D eigenvalue weighted by Crippen LogP contribution is -2.64. The summed E-state index contributed by atoms with van der Waals surface area (Å²) in [7, 11) is 0. The monoisotopic (exact) mass is 776 g/mol. The molecule has 1 aromatic heterocycles. The molecule has 2 spiro atoms. The highest BCUT2D eigenvalue weighted by atomic mass is 32.1. The number of hydrogen-bond donors (Lipinski definition) is 3. The minimum atomic E-state index is -0.957. The van der Waals surface area contributed by atoms with E-state index in [4.69, 9.17) is 14.5 Å². The molecule has 7 aliphatic rings. The average molecular weight is 777 g/mol. The zero-order chi connectivity index (χ0) is 38.8. The van der Waals surface area contributed by atoms with E-state index >= 15 is 0 Å². The number of aliphatic hydroxyl groups is 1. The predicted molar refractivity (Wildman–Crippen MR) is 204 cm³/mol. The summed E-state index contributed by atoms with van der Waals surface area (Å²) in [5.41, 5.74) is 3.56. The number of nitrogens with zero attached hydrogens (tertiary/aromatic N) is 2. The van der Waals surface area contributed by atoms with Crippen LogP contribution in [0.2, 0.25) is 0 Å². The number of aliphatic hydroxyl groups excluding tert-OH is 1. The first-order valence-corrected chi connectivity index (χ1v) is 21.2. The molecule has 2 aliphatic heterocycles. The third-order valence-electron chi connectivity index (χ3n) is 13.5. The molecular formula is C42H56N4O8S. The molecular weight excluding hydrogens is 721 g/mol. The van der Waals surface area contributed by atoms with Gasteiger partial charge in [-0.2, -0.15) is 9.78 Å². The van der Waals surface area contributed by atoms with Crippen molar-refractivity contribution in [2.75, 3.05) is 6.54 Å². The number of rotatable bonds is 10. The number of ketones is 1. The van der Waals surface area contributed by atoms with E-state index in [2.05, 4.69) is 15.6 Å². The molecule has 1 aromatic carbocycles. The Hall–Kier alpha value is -3.23. The predicted octanol–water partition coefficient (Wildman–Crippen LogP) is 5.74. The zero-order valence-corrected chi connectivity index (χ0v) is 33.4. The first-order valence-electron chi connectivity index (χ1n) is 20.3. The number of ether oxygens (including phenoxy) is 1. The first kappa shape index (κ1) is 38.6. The highest BCUT2D eigenvalue weighted by Crippen LogP contribution is 2.68. The van der Waals surface area contributed by atoms with E-state index in [1.807, 2.05) is 57.5 Å². The van der Waals surface area contributed by atoms with Gasteiger partial charge >= 0.3 is 0 Å². The molecule has 5 aliphatic carbocycles. The fourth-order valence-electron chi connectivity index (χ4n) is 10.8. The number of nitrogens with one attached hydrogen (secondary N) is 2. The SMILES string of the molecule is Cc1ncsc1-c1ccc(CNC(=O)C2CC(O)CN2C(=O)C(NC(=O)CCC(=O)C23CC4CC(C2)C2(OOC5(CCCCC5)O2)C(C4)C3)C(C)(C)C)cc1. The van der Waals surface area contributed by atoms with E-state index in [1.165, 1.54) is 11.3 Å². The van der Waals surface area contributed by atoms with E-state index < -0.39 is 46.5 Å². The van der Waals surface area contributed by atoms with Crippen LogP contribution in [0.1, 0.15) is 115 Å². The summed E-state index contributed by atoms with van der Waals surface area (Å²) in [6.07, 6.45) is 8.41. The quantitative estimate of drug-likeness (QED) is 0.256. The van der Waals surface area contributed by atoms with E-state index in [-0.39, 0.29) is 61.8 Å². The minimum absolute atomic E-state index is 0.00610. The second-order valence-electron chi connectivity index (χ2n) is 18.5. The van der Waals surface area contributed by atoms with Crippen molar-refractivity contribution in [1.29, 1.82) is 0 Å². The van der Waals surface area contributed by atoms with Gasteiger partial charge in [-0.05, 0) is 74.3 Å². The smallest absolute Gasteiger partial charge is 0.246 e. The molecule has 2 aromatic rings. The number of Topliss-reactive ketones (excluding diaryl/α,β-unsaturated/α-hetero) is 1. The normalized spacial score (nSPS) is 32.6. The molecule has 298 valence electrons. The van der Waals surface area contributed by atoms with Crippen molar-refractivity contribution in [1.82, 2.24) is 20.5 Å². The Kier molecular flexibility index (Phi) is 10.3. The Balaban J connectivity index is 0.871. The topological polar surface area (TPSA) is 156 Å². The largest absolute Gasteiger partial charge is 0.391 e. The standard InChI is InChI=1S/C42H56N4O8S/c1-25-35(55-24-44-25)28-10-8-26(9-11-28)22-43-37(50)32-18-31(47)23-46(32)38(51)36(39(2,3)4)45-34(49)13-12-33(48)40-19-27-16-29(20-40)42(30(17-27)21-40)52-41(53-54-42)14-6-5-7-15-41/h8-11,24,27,29-32,36,47H,5-7,12-23H2,1-4H3,(H,43,50)(H,45,49). The second-order valence-corrected chi connectivity index (χ2v) is 19.3. The maximum Gasteiger partial charge on any atom is 0.246 e. The Morgan fingerprint density at radius 1 is 0.982 bits per heavy atom. The summed E-state index contributed by atoms with van der Waals surface area (Å²) < 4.78 is 6.80. The van der Waals surface area contributed by atoms with Crippen LogP contribution in [0, 0.1) is 35.5 Å². The van der Waals surface area contributed by atoms with Crippen molar-refractivity contribution in [2.24, 2.45) is 28.6 Å². The number of benzene rings is 1. The summed E-state index contributed by atoms with van der Waals surface area (Å²) >= 11 is 1.58. The third-order valence-corrected chi connectivity index (χ3v) is 14.5. The molecule has 13 heteroatoms. The van der Waals surface area contributed by atoms with Gasteiger partial charge in [-0.3, -0.25) is 19.2 Å². The van der Waals surface area contributed by atoms with Gasteiger partial charge in [0.05, 0.1) is 22.2 Å². The maximum absolute atomic E-state index is 14.2. The lowest BCUT2D eigenvalue weighted by atomic mass is 9.46. The van der Waals surface area contributed by atoms with Crippen LogP contribution < -0.4 is 10.6 Å². The zero-order valence-electron chi connectivity index (χ0n) is 32.6. The number of carbonyl (C=O) groups is 4. The van der Waals surface area contributed by atoms with Crippen molar-refractivity contribution >= 4 is 34.8 Å². The van der Waals surface area contributed by atoms with Gasteiger partial charge in [-0.15, -0.1) is 11.3 Å². The molecule has 3 amide bonds. The molecule has 2 saturated heterocycles. The van der Waals surface area contributed by atoms with E-state index in [9.17, 15) is 24.3 Å². The number of likely N-dealkylation sites (tertiary alicyclic amines) is 1. The highest BCUT2D eigenvalue weighted by molar-refractivity contribution is 7.13. The van der Waals surface area contributed by atoms with Gasteiger partial charge in [-0.1, -0.05) is 51.5 Å². The number of carbonyl (C=O) groups excluding carboxylic acids is 4. The molecule has 7 fully saturated rings. The van der Waals surface area contributed by atoms with Gasteiger partial charge in [0.1, 0.15) is 17.9 Å². The van der Waals surface area contributed by atoms with Crippen LogP contribution in [0.5, 0.6) is 0 Å². The number of hydrogen-bond acceptors (Lipinski definition) is 10. The molecule has 5 saturated carbocycles. The number of β-amino-alcohol motifs (C(OH)–C–C–N with tert-alkyl or cyclic N) is 1. The van der Waals surface area contributed by atoms with Crippen molar-refractivity contribution in [3.05, 3.63) is 41.0 Å². The van der Waals surface area contributed by atoms with E-state index in [1.54, 1.807) is 11.3 Å². The highest BCUT2D eigenvalue weighted by Gasteiger charge is 2.70. The van der Waals surface area contributed by atoms with Gasteiger partial charge in [0.2, 0.25) is 29.3 Å². The maximum atomic E-state index is 14.2. The number of aryl methyl sites for hydroxylation is 1. The Morgan fingerprint density at radius 3 is 2.35 bits per heavy atom. The average Bonchev–Trinajstić information content (AvgIpc) is 3.87. The van der Waals surface area contributed by atoms with Gasteiger partial charge in [-0.25, -0.2) is 4.98 Å². The van der Waals surface area contributed by atoms with Crippen LogP contribution in [-0.4, -0.2) is 74.8 Å². The fraction of sp³-hybridized carbons (Fsp3) is 0.690. The molecule has 55 heavy (non-hydrogen) atoms. The van der Waals surface area contributed by atoms with Crippen molar-refractivity contribution in [3.63, 3.8) is 0 Å². The summed E-state index contributed by atoms with van der Waals surface area (Å²) in [4.78, 5) is 74.3. The molecule has 12 nitrogen and oxygen atoms in total. The minimum Gasteiger partial charge on any atom is -0.391 e. The van der Waals surface area contributed by atoms with Gasteiger partial charge in [0.25, 0.3) is 0 Å². The van der Waals surface area contributed by atoms with Crippen LogP contribution in [0.4, 0.5) is 0 Å². The van der Waals surface area contributed by atoms with Crippen LogP contribution >= 0.6 is 11.3 Å². The van der Waals surface area contributed by atoms with Crippen molar-refractivity contribution in [2.45, 2.75) is 147 Å². The van der Waals surface area contributed by atoms with Crippen LogP contribution in [0.25, 0.3) is 10.4 Å². The van der Waals surface area contributed by atoms with Crippen LogP contribution in [0.15, 0.2) is 29.8 Å². The number of aromatic nitrogens is 1. The molecule has 4 bridgehead atoms. The summed E-state index contributed by atoms with van der Waals surface area (Å²) in [5.74, 6) is -1.89. The Morgan fingerprint density at radius 2 is 1.69 bits per heavy atom. The Labute approximate surface area is 327 Å².